The number of carbonyl (C=O) groups is 2. The van der Waals surface area contributed by atoms with Crippen LogP contribution in [0.4, 0.5) is 10.5 Å². The van der Waals surface area contributed by atoms with Gasteiger partial charge >= 0.3 is 12.0 Å². The van der Waals surface area contributed by atoms with Crippen LogP contribution in [0.1, 0.15) is 41.6 Å². The Balaban J connectivity index is 1.49. The monoisotopic (exact) mass is 594 g/mol. The molecule has 0 unspecified atom stereocenters. The van der Waals surface area contributed by atoms with Crippen LogP contribution in [0.25, 0.3) is 0 Å². The second-order valence-corrected chi connectivity index (χ2v) is 11.3. The van der Waals surface area contributed by atoms with E-state index in [0.29, 0.717) is 23.6 Å². The molecule has 0 aliphatic carbocycles. The van der Waals surface area contributed by atoms with E-state index in [2.05, 4.69) is 17.6 Å². The molecule has 1 aliphatic heterocycles. The number of rotatable bonds is 12. The van der Waals surface area contributed by atoms with Gasteiger partial charge in [0.05, 0.1) is 32.5 Å². The first kappa shape index (κ1) is 31.5. The number of esters is 1. The van der Waals surface area contributed by atoms with Crippen molar-refractivity contribution >= 4 is 29.4 Å². The summed E-state index contributed by atoms with van der Waals surface area (Å²) in [5.74, 6) is 0.784. The molecule has 1 fully saturated rings. The number of thioether (sulfide) groups is 1. The molecule has 224 valence electrons. The smallest absolute Gasteiger partial charge is 0.328 e. The molecule has 0 saturated carbocycles. The molecule has 10 heteroatoms. The van der Waals surface area contributed by atoms with Crippen LogP contribution < -0.4 is 10.6 Å². The molecule has 0 radical (unpaired) electrons. The number of aliphatic hydroxyl groups is 2. The molecule has 0 aromatic heterocycles. The van der Waals surface area contributed by atoms with Crippen LogP contribution in [-0.2, 0) is 32.0 Å². The third-order valence-electron chi connectivity index (χ3n) is 7.13. The van der Waals surface area contributed by atoms with Crippen molar-refractivity contribution in [1.29, 1.82) is 0 Å². The first-order valence-corrected chi connectivity index (χ1v) is 15.1. The molecule has 2 amide bonds. The van der Waals surface area contributed by atoms with Gasteiger partial charge in [0.2, 0.25) is 0 Å². The highest BCUT2D eigenvalue weighted by Gasteiger charge is 2.38. The topological polar surface area (TPSA) is 126 Å². The molecule has 1 saturated heterocycles. The fraction of sp³-hybridized carbons (Fsp3) is 0.375. The van der Waals surface area contributed by atoms with Gasteiger partial charge in [0.25, 0.3) is 0 Å². The van der Waals surface area contributed by atoms with Gasteiger partial charge in [-0.3, -0.25) is 0 Å². The van der Waals surface area contributed by atoms with E-state index in [1.165, 1.54) is 7.11 Å². The van der Waals surface area contributed by atoms with Gasteiger partial charge < -0.3 is 35.1 Å². The van der Waals surface area contributed by atoms with Gasteiger partial charge in [-0.05, 0) is 28.8 Å². The van der Waals surface area contributed by atoms with E-state index in [4.69, 9.17) is 14.2 Å². The van der Waals surface area contributed by atoms with E-state index in [0.717, 1.165) is 22.3 Å². The summed E-state index contributed by atoms with van der Waals surface area (Å²) in [5, 5.41) is 24.3. The molecule has 4 rings (SSSR count). The SMILES string of the molecule is COC(=O)[C@H](Cc1ccccc1)NC(=O)Nc1cccc([C@H]2O[C@@H](CSCCO)[C@@H](C)[C@@H](c3ccc(CO)cc3)O2)c1. The Kier molecular flexibility index (Phi) is 11.8. The summed E-state index contributed by atoms with van der Waals surface area (Å²) in [6, 6.07) is 22.9. The van der Waals surface area contributed by atoms with Gasteiger partial charge in [-0.1, -0.05) is 73.7 Å². The second-order valence-electron chi connectivity index (χ2n) is 10.1. The fourth-order valence-electron chi connectivity index (χ4n) is 4.85. The Bertz CT molecular complexity index is 1290. The number of aliphatic hydroxyl groups excluding tert-OH is 2. The van der Waals surface area contributed by atoms with E-state index in [1.54, 1.807) is 30.0 Å². The number of hydrogen-bond donors (Lipinski definition) is 4. The summed E-state index contributed by atoms with van der Waals surface area (Å²) < 4.78 is 17.8. The van der Waals surface area contributed by atoms with Crippen molar-refractivity contribution in [2.45, 2.75) is 44.5 Å². The van der Waals surface area contributed by atoms with Crippen LogP contribution in [0.15, 0.2) is 78.9 Å². The Labute approximate surface area is 250 Å². The van der Waals surface area contributed by atoms with Gasteiger partial charge in [-0.15, -0.1) is 0 Å². The number of methoxy groups -OCH3 is 1. The van der Waals surface area contributed by atoms with Crippen molar-refractivity contribution in [1.82, 2.24) is 5.32 Å². The highest BCUT2D eigenvalue weighted by atomic mass is 32.2. The molecular weight excluding hydrogens is 556 g/mol. The maximum Gasteiger partial charge on any atom is 0.328 e. The van der Waals surface area contributed by atoms with Crippen molar-refractivity contribution < 1.29 is 34.0 Å². The molecule has 42 heavy (non-hydrogen) atoms. The lowest BCUT2D eigenvalue weighted by atomic mass is 9.91. The Morgan fingerprint density at radius 1 is 0.952 bits per heavy atom. The summed E-state index contributed by atoms with van der Waals surface area (Å²) in [7, 11) is 1.29. The van der Waals surface area contributed by atoms with E-state index in [1.807, 2.05) is 60.7 Å². The normalized spacial score (nSPS) is 20.9. The Hall–Kier alpha value is -3.41. The number of hydrogen-bond acceptors (Lipinski definition) is 8. The van der Waals surface area contributed by atoms with Gasteiger partial charge in [-0.25, -0.2) is 9.59 Å². The number of anilines is 1. The lowest BCUT2D eigenvalue weighted by Crippen LogP contribution is -2.45. The average Bonchev–Trinajstić information content (AvgIpc) is 3.02. The molecule has 1 heterocycles. The number of benzene rings is 3. The van der Waals surface area contributed by atoms with Crippen LogP contribution >= 0.6 is 11.8 Å². The van der Waals surface area contributed by atoms with Crippen molar-refractivity contribution in [3.8, 4) is 0 Å². The zero-order valence-electron chi connectivity index (χ0n) is 23.8. The largest absolute Gasteiger partial charge is 0.467 e. The van der Waals surface area contributed by atoms with Gasteiger partial charge in [0, 0.05) is 35.1 Å². The summed E-state index contributed by atoms with van der Waals surface area (Å²) in [4.78, 5) is 25.3. The maximum absolute atomic E-state index is 12.9. The van der Waals surface area contributed by atoms with E-state index in [-0.39, 0.29) is 31.3 Å². The molecule has 0 spiro atoms. The van der Waals surface area contributed by atoms with Crippen LogP contribution in [0, 0.1) is 5.92 Å². The molecule has 4 N–H and O–H groups in total. The first-order valence-electron chi connectivity index (χ1n) is 13.9. The van der Waals surface area contributed by atoms with Gasteiger partial charge in [-0.2, -0.15) is 11.8 Å². The minimum atomic E-state index is -0.859. The van der Waals surface area contributed by atoms with E-state index >= 15 is 0 Å². The predicted octanol–water partition coefficient (Wildman–Crippen LogP) is 4.60. The van der Waals surface area contributed by atoms with Crippen LogP contribution in [0.5, 0.6) is 0 Å². The van der Waals surface area contributed by atoms with Gasteiger partial charge in [0.1, 0.15) is 6.04 Å². The summed E-state index contributed by atoms with van der Waals surface area (Å²) in [5.41, 5.74) is 3.92. The standard InChI is InChI=1S/C32H38N2O7S/c1-21-28(20-42-16-15-35)40-31(41-29(21)24-13-11-23(19-36)12-14-24)25-9-6-10-26(18-25)33-32(38)34-27(30(37)39-2)17-22-7-4-3-5-8-22/h3-14,18,21,27-29,31,35-36H,15-17,19-20H2,1-2H3,(H2,33,34,38)/t21-,27+,28+,29+,31+/m1/s1. The van der Waals surface area contributed by atoms with Crippen molar-refractivity contribution in [2.24, 2.45) is 5.92 Å². The lowest BCUT2D eigenvalue weighted by Gasteiger charge is -2.41. The summed E-state index contributed by atoms with van der Waals surface area (Å²) >= 11 is 1.62. The fourth-order valence-corrected chi connectivity index (χ4v) is 5.76. The third kappa shape index (κ3) is 8.56. The minimum absolute atomic E-state index is 0.0272. The first-order chi connectivity index (χ1) is 20.4. The zero-order valence-corrected chi connectivity index (χ0v) is 24.6. The quantitative estimate of drug-likeness (QED) is 0.177. The number of amides is 2. The lowest BCUT2D eigenvalue weighted by molar-refractivity contribution is -0.268. The summed E-state index contributed by atoms with van der Waals surface area (Å²) in [6.45, 7) is 2.14. The molecule has 5 atom stereocenters. The number of ether oxygens (including phenoxy) is 3. The highest BCUT2D eigenvalue weighted by molar-refractivity contribution is 7.99. The maximum atomic E-state index is 12.9. The molecule has 0 bridgehead atoms. The molecule has 1 aliphatic rings. The summed E-state index contributed by atoms with van der Waals surface area (Å²) in [6.07, 6.45) is -0.829. The molecule has 3 aromatic carbocycles. The second kappa shape index (κ2) is 15.7. The van der Waals surface area contributed by atoms with E-state index < -0.39 is 24.3 Å². The van der Waals surface area contributed by atoms with Crippen LogP contribution in [-0.4, -0.2) is 59.6 Å². The predicted molar refractivity (Wildman–Crippen MR) is 162 cm³/mol. The zero-order chi connectivity index (χ0) is 29.9. The number of nitrogens with one attached hydrogen (secondary N) is 2. The van der Waals surface area contributed by atoms with Crippen LogP contribution in [0.3, 0.4) is 0 Å². The van der Waals surface area contributed by atoms with Crippen molar-refractivity contribution in [3.63, 3.8) is 0 Å². The molecule has 3 aromatic rings. The third-order valence-corrected chi connectivity index (χ3v) is 8.17. The van der Waals surface area contributed by atoms with Crippen molar-refractivity contribution in [3.05, 3.63) is 101 Å². The average molecular weight is 595 g/mol. The molecular formula is C32H38N2O7S. The minimum Gasteiger partial charge on any atom is -0.467 e. The van der Waals surface area contributed by atoms with Crippen LogP contribution in [0.2, 0.25) is 0 Å². The molecule has 9 nitrogen and oxygen atoms in total. The Morgan fingerprint density at radius 3 is 2.40 bits per heavy atom. The number of carbonyl (C=O) groups excluding carboxylic acids is 2. The van der Waals surface area contributed by atoms with E-state index in [9.17, 15) is 19.8 Å². The Morgan fingerprint density at radius 2 is 1.71 bits per heavy atom. The van der Waals surface area contributed by atoms with Crippen molar-refractivity contribution in [2.75, 3.05) is 30.5 Å². The van der Waals surface area contributed by atoms with Gasteiger partial charge in [0.15, 0.2) is 6.29 Å². The highest BCUT2D eigenvalue weighted by Crippen LogP contribution is 2.42. The number of urea groups is 1.